The number of amides is 1. The van der Waals surface area contributed by atoms with Gasteiger partial charge in [0, 0.05) is 70.2 Å². The van der Waals surface area contributed by atoms with E-state index in [0.29, 0.717) is 26.2 Å². The van der Waals surface area contributed by atoms with Crippen molar-refractivity contribution in [1.29, 1.82) is 5.26 Å². The second-order valence-corrected chi connectivity index (χ2v) is 18.1. The van der Waals surface area contributed by atoms with Crippen molar-refractivity contribution in [2.45, 2.75) is 17.4 Å². The lowest BCUT2D eigenvalue weighted by molar-refractivity contribution is -0.120. The first kappa shape index (κ1) is 33.2. The summed E-state index contributed by atoms with van der Waals surface area (Å²) in [5.74, 6) is -0.252. The molecule has 0 radical (unpaired) electrons. The molecule has 38 heavy (non-hydrogen) atoms. The van der Waals surface area contributed by atoms with E-state index in [-0.39, 0.29) is 44.3 Å². The molecule has 0 saturated carbocycles. The smallest absolute Gasteiger partial charge is 0.224 e. The first-order chi connectivity index (χ1) is 17.5. The molecule has 0 aromatic heterocycles. The Morgan fingerprint density at radius 3 is 2.03 bits per heavy atom. The van der Waals surface area contributed by atoms with E-state index in [2.05, 4.69) is 5.32 Å². The molecule has 12 nitrogen and oxygen atoms in total. The van der Waals surface area contributed by atoms with Crippen LogP contribution in [0.25, 0.3) is 0 Å². The molecular formula is C22H38N5O7P3S. The molecule has 1 fully saturated rings. The number of thiocyanates is 1. The summed E-state index contributed by atoms with van der Waals surface area (Å²) in [7, 11) is -10.3. The summed E-state index contributed by atoms with van der Waals surface area (Å²) in [6.45, 7) is 5.58. The maximum absolute atomic E-state index is 12.7. The number of nitrogens with one attached hydrogen (secondary N) is 1. The molecule has 1 aromatic carbocycles. The molecule has 1 aliphatic heterocycles. The summed E-state index contributed by atoms with van der Waals surface area (Å²) >= 11 is 1.03. The molecule has 16 heteroatoms. The number of hydrogen-bond donors (Lipinski definition) is 4. The van der Waals surface area contributed by atoms with Gasteiger partial charge in [0.1, 0.15) is 5.40 Å². The summed E-state index contributed by atoms with van der Waals surface area (Å²) < 4.78 is 36.7. The Labute approximate surface area is 228 Å². The third-order valence-corrected chi connectivity index (χ3v) is 9.11. The van der Waals surface area contributed by atoms with Crippen molar-refractivity contribution >= 4 is 39.8 Å². The highest BCUT2D eigenvalue weighted by molar-refractivity contribution is 8.03. The number of hydrogen-bond acceptors (Lipinski definition) is 9. The largest absolute Gasteiger partial charge is 0.354 e. The van der Waals surface area contributed by atoms with Gasteiger partial charge >= 0.3 is 0 Å². The molecule has 4 unspecified atom stereocenters. The van der Waals surface area contributed by atoms with Gasteiger partial charge in [0.05, 0.1) is 25.3 Å². The van der Waals surface area contributed by atoms with Crippen molar-refractivity contribution in [3.8, 4) is 5.40 Å². The topological polar surface area (TPSA) is 175 Å². The molecule has 0 spiro atoms. The first-order valence-corrected chi connectivity index (χ1v) is 19.7. The zero-order valence-electron chi connectivity index (χ0n) is 22.0. The Hall–Kier alpha value is -1.02. The number of nitrogens with zero attached hydrogens (tertiary/aromatic N) is 4. The van der Waals surface area contributed by atoms with Gasteiger partial charge in [0.15, 0.2) is 0 Å². The van der Waals surface area contributed by atoms with Crippen LogP contribution in [0.1, 0.15) is 5.56 Å². The molecule has 1 amide bonds. The van der Waals surface area contributed by atoms with Crippen molar-refractivity contribution in [2.24, 2.45) is 0 Å². The van der Waals surface area contributed by atoms with Gasteiger partial charge in [0.25, 0.3) is 0 Å². The summed E-state index contributed by atoms with van der Waals surface area (Å²) in [5, 5.41) is 13.7. The normalized spacial score (nSPS) is 23.0. The third kappa shape index (κ3) is 13.9. The highest BCUT2D eigenvalue weighted by Crippen LogP contribution is 2.39. The monoisotopic (exact) mass is 609 g/mol. The summed E-state index contributed by atoms with van der Waals surface area (Å²) in [5.41, 5.74) is 0.766. The summed E-state index contributed by atoms with van der Waals surface area (Å²) in [4.78, 5) is 49.0. The highest BCUT2D eigenvalue weighted by atomic mass is 32.2. The molecule has 1 saturated heterocycles. The number of carbonyl (C=O) groups is 1. The van der Waals surface area contributed by atoms with Gasteiger partial charge in [-0.15, -0.1) is 0 Å². The van der Waals surface area contributed by atoms with Gasteiger partial charge in [0.2, 0.25) is 28.0 Å². The fourth-order valence-corrected chi connectivity index (χ4v) is 7.74. The van der Waals surface area contributed by atoms with Crippen LogP contribution in [0.2, 0.25) is 0 Å². The molecule has 2 rings (SSSR count). The fraction of sp³-hybridized carbons (Fsp3) is 0.636. The van der Waals surface area contributed by atoms with Gasteiger partial charge < -0.3 is 20.0 Å². The maximum atomic E-state index is 12.7. The molecule has 1 aromatic rings. The van der Waals surface area contributed by atoms with Crippen LogP contribution in [0.4, 0.5) is 0 Å². The highest BCUT2D eigenvalue weighted by Gasteiger charge is 2.31. The van der Waals surface area contributed by atoms with Crippen molar-refractivity contribution in [3.63, 3.8) is 0 Å². The number of rotatable bonds is 11. The van der Waals surface area contributed by atoms with Gasteiger partial charge in [-0.3, -0.25) is 33.2 Å². The van der Waals surface area contributed by atoms with Gasteiger partial charge in [-0.25, -0.2) is 0 Å². The van der Waals surface area contributed by atoms with Crippen LogP contribution in [0, 0.1) is 10.7 Å². The second kappa shape index (κ2) is 14.6. The van der Waals surface area contributed by atoms with Crippen LogP contribution in [0.15, 0.2) is 29.2 Å². The van der Waals surface area contributed by atoms with E-state index in [1.165, 1.54) is 20.0 Å². The van der Waals surface area contributed by atoms with Gasteiger partial charge in [-0.2, -0.15) is 5.26 Å². The Bertz CT molecular complexity index is 1120. The van der Waals surface area contributed by atoms with Crippen molar-refractivity contribution in [3.05, 3.63) is 29.8 Å². The molecule has 0 bridgehead atoms. The maximum Gasteiger partial charge on any atom is 0.224 e. The van der Waals surface area contributed by atoms with E-state index in [1.807, 2.05) is 5.40 Å². The van der Waals surface area contributed by atoms with Crippen molar-refractivity contribution in [1.82, 2.24) is 20.0 Å². The summed E-state index contributed by atoms with van der Waals surface area (Å²) in [6, 6.07) is 6.63. The average molecular weight is 610 g/mol. The van der Waals surface area contributed by atoms with Gasteiger partial charge in [-0.1, -0.05) is 12.1 Å². The third-order valence-electron chi connectivity index (χ3n) is 5.78. The zero-order chi connectivity index (χ0) is 28.6. The quantitative estimate of drug-likeness (QED) is 0.163. The standard InChI is InChI=1S/C22H38N5O7P3S/c1-35(29,30)16-25-8-9-26(17-36(2,31)32)14-20(27(11-10-25)18-37(3,33)34)13-24-22(28)12-19-4-6-21(7-5-19)38-15-23/h4-7,20H,8-14,16-18H2,1-3H3,(H,24,28)(H,29,30)(H,31,32)(H,33,34). The lowest BCUT2D eigenvalue weighted by Gasteiger charge is -2.35. The predicted octanol–water partition coefficient (Wildman–Crippen LogP) is 1.78. The number of benzene rings is 1. The van der Waals surface area contributed by atoms with Crippen LogP contribution in [-0.2, 0) is 24.9 Å². The van der Waals surface area contributed by atoms with Crippen LogP contribution in [0.3, 0.4) is 0 Å². The Morgan fingerprint density at radius 2 is 1.47 bits per heavy atom. The van der Waals surface area contributed by atoms with Crippen LogP contribution in [-0.4, -0.2) is 119 Å². The van der Waals surface area contributed by atoms with Crippen molar-refractivity contribution in [2.75, 3.05) is 78.1 Å². The number of carbonyl (C=O) groups excluding carboxylic acids is 1. The van der Waals surface area contributed by atoms with E-state index in [0.717, 1.165) is 22.2 Å². The molecule has 0 aliphatic carbocycles. The lowest BCUT2D eigenvalue weighted by Crippen LogP contribution is -2.51. The number of nitriles is 1. The molecule has 214 valence electrons. The van der Waals surface area contributed by atoms with E-state index < -0.39 is 28.1 Å². The Morgan fingerprint density at radius 1 is 0.947 bits per heavy atom. The summed E-state index contributed by atoms with van der Waals surface area (Å²) in [6.07, 6.45) is -0.221. The van der Waals surface area contributed by atoms with Crippen LogP contribution < -0.4 is 5.32 Å². The Kier molecular flexibility index (Phi) is 12.7. The molecule has 4 atom stereocenters. The SMILES string of the molecule is CP(=O)(O)CN1CCN(CP(C)(=O)O)CC(CNC(=O)Cc2ccc(SC#N)cc2)N(CP(C)(=O)O)CC1. The Balaban J connectivity index is 2.21. The molecule has 1 heterocycles. The van der Waals surface area contributed by atoms with Crippen LogP contribution >= 0.6 is 33.9 Å². The lowest BCUT2D eigenvalue weighted by atomic mass is 10.1. The second-order valence-electron chi connectivity index (χ2n) is 10.1. The van der Waals surface area contributed by atoms with E-state index in [4.69, 9.17) is 5.26 Å². The van der Waals surface area contributed by atoms with E-state index in [9.17, 15) is 33.2 Å². The average Bonchev–Trinajstić information content (AvgIpc) is 2.82. The molecule has 1 aliphatic rings. The zero-order valence-corrected chi connectivity index (χ0v) is 25.5. The fourth-order valence-electron chi connectivity index (χ4n) is 4.29. The minimum atomic E-state index is -3.51. The predicted molar refractivity (Wildman–Crippen MR) is 150 cm³/mol. The molecular weight excluding hydrogens is 571 g/mol. The van der Waals surface area contributed by atoms with E-state index >= 15 is 0 Å². The van der Waals surface area contributed by atoms with Crippen molar-refractivity contribution < 1.29 is 33.2 Å². The number of thioether (sulfide) groups is 1. The van der Waals surface area contributed by atoms with Gasteiger partial charge in [-0.05, 0) is 29.5 Å². The van der Waals surface area contributed by atoms with E-state index in [1.54, 1.807) is 39.0 Å². The minimum absolute atomic E-state index is 0.0619. The minimum Gasteiger partial charge on any atom is -0.354 e. The van der Waals surface area contributed by atoms with Crippen LogP contribution in [0.5, 0.6) is 0 Å². The first-order valence-electron chi connectivity index (χ1n) is 12.0. The molecule has 4 N–H and O–H groups in total.